The first kappa shape index (κ1) is 19.9. The van der Waals surface area contributed by atoms with E-state index in [9.17, 15) is 0 Å². The lowest BCUT2D eigenvalue weighted by Crippen LogP contribution is -1.87. The zero-order valence-corrected chi connectivity index (χ0v) is 13.1. The smallest absolute Gasteiger partial charge is 0.0585 e. The fraction of sp³-hybridized carbons (Fsp3) is 0.308. The summed E-state index contributed by atoms with van der Waals surface area (Å²) in [6, 6.07) is 10.2. The molecule has 100 valence electrons. The number of aliphatic imine (C=N–C) groups is 2. The van der Waals surface area contributed by atoms with Crippen molar-refractivity contribution < 1.29 is 0 Å². The van der Waals surface area contributed by atoms with Crippen molar-refractivity contribution in [2.45, 2.75) is 13.3 Å². The van der Waals surface area contributed by atoms with E-state index in [2.05, 4.69) is 69.1 Å². The quantitative estimate of drug-likeness (QED) is 0.672. The van der Waals surface area contributed by atoms with E-state index in [0.29, 0.717) is 0 Å². The zero-order valence-electron chi connectivity index (χ0n) is 10.6. The summed E-state index contributed by atoms with van der Waals surface area (Å²) in [6.07, 6.45) is 0.949. The predicted molar refractivity (Wildman–Crippen MR) is 90.9 cm³/mol. The second-order valence-electron chi connectivity index (χ2n) is 2.88. The highest BCUT2D eigenvalue weighted by Gasteiger charge is 1.87. The van der Waals surface area contributed by atoms with Crippen molar-refractivity contribution in [1.29, 1.82) is 5.41 Å². The lowest BCUT2D eigenvalue weighted by atomic mass is 10.2. The molecule has 1 aromatic rings. The van der Waals surface area contributed by atoms with Crippen LogP contribution in [-0.4, -0.2) is 28.6 Å². The monoisotopic (exact) mass is 309 g/mol. The van der Waals surface area contributed by atoms with Crippen LogP contribution >= 0.6 is 36.7 Å². The Morgan fingerprint density at radius 2 is 1.58 bits per heavy atom. The summed E-state index contributed by atoms with van der Waals surface area (Å²) >= 11 is 12.5. The Bertz CT molecular complexity index is 441. The van der Waals surface area contributed by atoms with Crippen LogP contribution in [-0.2, 0) is 6.42 Å². The minimum Gasteiger partial charge on any atom is -0.248 e. The molecule has 0 spiro atoms. The fourth-order valence-corrected chi connectivity index (χ4v) is 1.16. The molecule has 0 fully saturated rings. The van der Waals surface area contributed by atoms with E-state index in [1.54, 1.807) is 5.16 Å². The Hall–Kier alpha value is -1.38. The van der Waals surface area contributed by atoms with E-state index in [1.807, 2.05) is 25.1 Å². The van der Waals surface area contributed by atoms with E-state index >= 15 is 0 Å². The highest BCUT2D eigenvalue weighted by Crippen LogP contribution is 1.98. The third-order valence-electron chi connectivity index (χ3n) is 1.64. The molecule has 0 aliphatic rings. The molecule has 0 saturated heterocycles. The van der Waals surface area contributed by atoms with Crippen molar-refractivity contribution in [2.24, 2.45) is 9.98 Å². The lowest BCUT2D eigenvalue weighted by molar-refractivity contribution is 0.976. The van der Waals surface area contributed by atoms with Gasteiger partial charge >= 0.3 is 0 Å². The number of hydrogen-bond donors (Lipinski definition) is 1. The minimum absolute atomic E-state index is 0.744. The van der Waals surface area contributed by atoms with Crippen LogP contribution in [0.3, 0.4) is 0 Å². The second-order valence-corrected chi connectivity index (χ2v) is 3.45. The molecule has 1 N–H and O–H groups in total. The van der Waals surface area contributed by atoms with Gasteiger partial charge in [0.2, 0.25) is 0 Å². The lowest BCUT2D eigenvalue weighted by Gasteiger charge is -1.94. The average molecular weight is 309 g/mol. The van der Waals surface area contributed by atoms with Crippen molar-refractivity contribution in [1.82, 2.24) is 0 Å². The molecular weight excluding hydrogens is 294 g/mol. The summed E-state index contributed by atoms with van der Waals surface area (Å²) in [7, 11) is 0. The van der Waals surface area contributed by atoms with Crippen molar-refractivity contribution >= 4 is 52.1 Å². The average Bonchev–Trinajstić information content (AvgIpc) is 2.43. The van der Waals surface area contributed by atoms with E-state index in [0.717, 1.165) is 19.5 Å². The molecule has 0 unspecified atom stereocenters. The van der Waals surface area contributed by atoms with Gasteiger partial charge in [0.15, 0.2) is 0 Å². The van der Waals surface area contributed by atoms with Gasteiger partial charge in [-0.3, -0.25) is 0 Å². The van der Waals surface area contributed by atoms with Gasteiger partial charge in [-0.2, -0.15) is 0 Å². The van der Waals surface area contributed by atoms with Gasteiger partial charge in [-0.25, -0.2) is 15.4 Å². The molecule has 0 aromatic heterocycles. The highest BCUT2D eigenvalue weighted by atomic mass is 32.1. The van der Waals surface area contributed by atoms with Crippen molar-refractivity contribution in [2.75, 3.05) is 13.1 Å². The number of hydrogen-bond acceptors (Lipinski definition) is 6. The van der Waals surface area contributed by atoms with Crippen LogP contribution in [0.5, 0.6) is 0 Å². The summed E-state index contributed by atoms with van der Waals surface area (Å²) in [5.74, 6) is 0. The van der Waals surface area contributed by atoms with Gasteiger partial charge in [-0.05, 0) is 55.6 Å². The first-order chi connectivity index (χ1) is 9.26. The molecule has 3 nitrogen and oxygen atoms in total. The third kappa shape index (κ3) is 19.2. The van der Waals surface area contributed by atoms with Gasteiger partial charge < -0.3 is 0 Å². The van der Waals surface area contributed by atoms with Gasteiger partial charge in [-0.1, -0.05) is 30.3 Å². The van der Waals surface area contributed by atoms with Crippen molar-refractivity contribution in [3.8, 4) is 0 Å². The first-order valence-corrected chi connectivity index (χ1v) is 6.64. The topological polar surface area (TPSA) is 48.6 Å². The van der Waals surface area contributed by atoms with Crippen LogP contribution in [0.15, 0.2) is 40.3 Å². The summed E-state index contributed by atoms with van der Waals surface area (Å²) in [5.41, 5.74) is 1.29. The summed E-state index contributed by atoms with van der Waals surface area (Å²) in [4.78, 5) is 7.37. The highest BCUT2D eigenvalue weighted by molar-refractivity contribution is 7.78. The largest absolute Gasteiger partial charge is 0.248 e. The molecule has 0 saturated carbocycles. The summed E-state index contributed by atoms with van der Waals surface area (Å²) in [5, 5.41) is 11.9. The van der Waals surface area contributed by atoms with E-state index in [1.165, 1.54) is 5.56 Å². The number of nitrogens with one attached hydrogen (secondary N) is 1. The maximum absolute atomic E-state index is 5.77. The van der Waals surface area contributed by atoms with E-state index < -0.39 is 0 Å². The van der Waals surface area contributed by atoms with Gasteiger partial charge in [0, 0.05) is 6.54 Å². The Kier molecular flexibility index (Phi) is 19.9. The Labute approximate surface area is 130 Å². The Morgan fingerprint density at radius 3 is 1.95 bits per heavy atom. The van der Waals surface area contributed by atoms with Crippen molar-refractivity contribution in [3.63, 3.8) is 0 Å². The molecular formula is C13H15N3S3. The summed E-state index contributed by atoms with van der Waals surface area (Å²) in [6.45, 7) is 3.41. The van der Waals surface area contributed by atoms with Crippen LogP contribution in [0.1, 0.15) is 12.5 Å². The minimum atomic E-state index is 0.744. The van der Waals surface area contributed by atoms with E-state index in [4.69, 9.17) is 5.41 Å². The molecule has 1 aromatic carbocycles. The number of benzene rings is 1. The Balaban J connectivity index is 0. The third-order valence-corrected chi connectivity index (χ3v) is 1.90. The van der Waals surface area contributed by atoms with E-state index in [-0.39, 0.29) is 0 Å². The van der Waals surface area contributed by atoms with Crippen molar-refractivity contribution in [3.05, 3.63) is 35.9 Å². The molecule has 0 radical (unpaired) electrons. The van der Waals surface area contributed by atoms with Gasteiger partial charge in [-0.15, -0.1) is 0 Å². The van der Waals surface area contributed by atoms with Crippen LogP contribution in [0.4, 0.5) is 0 Å². The van der Waals surface area contributed by atoms with Crippen LogP contribution < -0.4 is 0 Å². The second kappa shape index (κ2) is 19.0. The van der Waals surface area contributed by atoms with Crippen LogP contribution in [0.2, 0.25) is 0 Å². The maximum atomic E-state index is 5.77. The zero-order chi connectivity index (χ0) is 14.8. The van der Waals surface area contributed by atoms with Gasteiger partial charge in [0.05, 0.1) is 22.0 Å². The molecule has 0 amide bonds. The molecule has 0 aliphatic carbocycles. The fourth-order valence-electron chi connectivity index (χ4n) is 0.940. The number of nitrogens with zero attached hydrogens (tertiary/aromatic N) is 2. The molecule has 0 bridgehead atoms. The first-order valence-electron chi connectivity index (χ1n) is 5.41. The van der Waals surface area contributed by atoms with Crippen LogP contribution in [0.25, 0.3) is 0 Å². The molecule has 0 atom stereocenters. The standard InChI is InChI=1S/C9H9NS.C3H5NS.CHNS/c11-8-10-7-6-9-4-2-1-3-5-9;1-2-4-3-5;2-1-3/h1-5H,6-7H2;2H2,1H3;2H. The Morgan fingerprint density at radius 1 is 1.05 bits per heavy atom. The predicted octanol–water partition coefficient (Wildman–Crippen LogP) is 4.11. The number of thiocarbonyl (C=S) groups is 3. The number of rotatable bonds is 4. The van der Waals surface area contributed by atoms with Crippen LogP contribution in [0, 0.1) is 5.41 Å². The SMILES string of the molecule is CCN=C=S.N=C=S.S=C=NCCc1ccccc1. The molecule has 19 heavy (non-hydrogen) atoms. The normalized spacial score (nSPS) is 7.00. The van der Waals surface area contributed by atoms with Gasteiger partial charge in [0.1, 0.15) is 0 Å². The molecule has 6 heteroatoms. The molecule has 1 rings (SSSR count). The maximum Gasteiger partial charge on any atom is 0.0585 e. The molecule has 0 aliphatic heterocycles. The molecule has 0 heterocycles. The van der Waals surface area contributed by atoms with Gasteiger partial charge in [0.25, 0.3) is 0 Å². The summed E-state index contributed by atoms with van der Waals surface area (Å²) < 4.78 is 0. The number of isothiocyanates is 3.